The van der Waals surface area contributed by atoms with Crippen LogP contribution < -0.4 is 4.74 Å². The van der Waals surface area contributed by atoms with Crippen LogP contribution in [-0.2, 0) is 4.74 Å². The van der Waals surface area contributed by atoms with Crippen molar-refractivity contribution in [1.29, 1.82) is 0 Å². The number of methoxy groups -OCH3 is 1. The minimum Gasteiger partial charge on any atom is -0.479 e. The van der Waals surface area contributed by atoms with Crippen molar-refractivity contribution in [3.05, 3.63) is 6.33 Å². The molecule has 11 nitrogen and oxygen atoms in total. The number of nitrogens with zero attached hydrogens (tertiary/aromatic N) is 6. The fourth-order valence-corrected chi connectivity index (χ4v) is 2.54. The third-order valence-electron chi connectivity index (χ3n) is 3.77. The Balaban J connectivity index is 2.06. The number of aliphatic hydroxyl groups is 3. The molecule has 1 aliphatic rings. The molecule has 25 heavy (non-hydrogen) atoms. The molecule has 4 atom stereocenters. The number of aliphatic hydroxyl groups excluding tert-OH is 3. The van der Waals surface area contributed by atoms with Crippen molar-refractivity contribution in [2.75, 3.05) is 27.8 Å². The minimum atomic E-state index is -1.25. The molecule has 1 aliphatic heterocycles. The van der Waals surface area contributed by atoms with E-state index in [1.807, 2.05) is 14.1 Å². The minimum absolute atomic E-state index is 0.145. The molecule has 3 rings (SSSR count). The van der Waals surface area contributed by atoms with Crippen molar-refractivity contribution in [2.24, 2.45) is 4.99 Å². The fraction of sp³-hybridized carbons (Fsp3) is 0.571. The summed E-state index contributed by atoms with van der Waals surface area (Å²) < 4.78 is 12.2. The standard InChI is InChI=1S/C14H20N6O5/c1-19(2)5-16-14-17-11-8(12(18-14)24-3)15-6-20(11)13-10(23)9(22)7(4-21)25-13/h5-7,9-10,13,21-23H,4H2,1-3H3/t7-,9+,10?,13-/m1/s1. The Hall–Kier alpha value is -2.34. The number of ether oxygens (including phenoxy) is 2. The molecule has 0 spiro atoms. The first-order valence-electron chi connectivity index (χ1n) is 7.58. The summed E-state index contributed by atoms with van der Waals surface area (Å²) in [5, 5.41) is 29.4. The van der Waals surface area contributed by atoms with E-state index in [0.717, 1.165) is 0 Å². The Bertz CT molecular complexity index is 778. The van der Waals surface area contributed by atoms with Gasteiger partial charge in [0.25, 0.3) is 5.95 Å². The maximum absolute atomic E-state index is 10.2. The summed E-state index contributed by atoms with van der Waals surface area (Å²) in [5.41, 5.74) is 0.691. The van der Waals surface area contributed by atoms with Crippen molar-refractivity contribution in [1.82, 2.24) is 24.4 Å². The van der Waals surface area contributed by atoms with E-state index in [2.05, 4.69) is 19.9 Å². The number of aromatic nitrogens is 4. The Kier molecular flexibility index (Phi) is 4.81. The SMILES string of the molecule is COc1nc(N=CN(C)C)nc2c1ncn2[C@@H]1O[C@H](CO)[C@H](O)C1O. The molecule has 2 aromatic rings. The van der Waals surface area contributed by atoms with E-state index in [1.54, 1.807) is 4.90 Å². The van der Waals surface area contributed by atoms with Gasteiger partial charge < -0.3 is 29.7 Å². The van der Waals surface area contributed by atoms with Crippen LogP contribution in [0.1, 0.15) is 6.23 Å². The first kappa shape index (κ1) is 17.5. The van der Waals surface area contributed by atoms with Gasteiger partial charge in [0.05, 0.1) is 26.4 Å². The van der Waals surface area contributed by atoms with Crippen molar-refractivity contribution in [3.8, 4) is 5.88 Å². The molecule has 3 heterocycles. The molecule has 0 aromatic carbocycles. The number of fused-ring (bicyclic) bond motifs is 1. The molecule has 2 aromatic heterocycles. The zero-order chi connectivity index (χ0) is 18.1. The van der Waals surface area contributed by atoms with Crippen LogP contribution in [0.4, 0.5) is 5.95 Å². The normalized spacial score (nSPS) is 26.6. The quantitative estimate of drug-likeness (QED) is 0.441. The van der Waals surface area contributed by atoms with E-state index in [1.165, 1.54) is 24.3 Å². The predicted octanol–water partition coefficient (Wildman–Crippen LogP) is -1.33. The van der Waals surface area contributed by atoms with Crippen LogP contribution in [0, 0.1) is 0 Å². The van der Waals surface area contributed by atoms with Gasteiger partial charge in [-0.1, -0.05) is 0 Å². The lowest BCUT2D eigenvalue weighted by Crippen LogP contribution is -2.33. The van der Waals surface area contributed by atoms with E-state index in [-0.39, 0.29) is 11.8 Å². The van der Waals surface area contributed by atoms with Crippen LogP contribution in [0.25, 0.3) is 11.2 Å². The van der Waals surface area contributed by atoms with Crippen LogP contribution in [-0.4, -0.2) is 92.2 Å². The maximum atomic E-state index is 10.2. The molecule has 1 fully saturated rings. The van der Waals surface area contributed by atoms with Crippen LogP contribution in [0.3, 0.4) is 0 Å². The largest absolute Gasteiger partial charge is 0.479 e. The van der Waals surface area contributed by atoms with Gasteiger partial charge in [0.2, 0.25) is 5.88 Å². The van der Waals surface area contributed by atoms with E-state index in [9.17, 15) is 15.3 Å². The molecule has 136 valence electrons. The second-order valence-corrected chi connectivity index (χ2v) is 5.79. The smallest absolute Gasteiger partial charge is 0.256 e. The second-order valence-electron chi connectivity index (χ2n) is 5.79. The molecule has 0 bridgehead atoms. The van der Waals surface area contributed by atoms with Gasteiger partial charge in [-0.25, -0.2) is 9.98 Å². The fourth-order valence-electron chi connectivity index (χ4n) is 2.54. The zero-order valence-corrected chi connectivity index (χ0v) is 14.0. The lowest BCUT2D eigenvalue weighted by molar-refractivity contribution is -0.0511. The van der Waals surface area contributed by atoms with Gasteiger partial charge in [0, 0.05) is 14.1 Å². The summed E-state index contributed by atoms with van der Waals surface area (Å²) in [5.74, 6) is 0.368. The van der Waals surface area contributed by atoms with Crippen molar-refractivity contribution in [3.63, 3.8) is 0 Å². The Morgan fingerprint density at radius 3 is 2.72 bits per heavy atom. The molecular weight excluding hydrogens is 332 g/mol. The monoisotopic (exact) mass is 352 g/mol. The van der Waals surface area contributed by atoms with Gasteiger partial charge in [-0.2, -0.15) is 9.97 Å². The zero-order valence-electron chi connectivity index (χ0n) is 14.0. The summed E-state index contributed by atoms with van der Waals surface area (Å²) in [7, 11) is 5.07. The van der Waals surface area contributed by atoms with E-state index in [0.29, 0.717) is 11.2 Å². The predicted molar refractivity (Wildman–Crippen MR) is 86.7 cm³/mol. The van der Waals surface area contributed by atoms with Gasteiger partial charge in [0.15, 0.2) is 17.4 Å². The summed E-state index contributed by atoms with van der Waals surface area (Å²) in [6.07, 6.45) is -1.38. The van der Waals surface area contributed by atoms with Crippen molar-refractivity contribution < 1.29 is 24.8 Å². The number of imidazole rings is 1. The van der Waals surface area contributed by atoms with Gasteiger partial charge in [-0.15, -0.1) is 0 Å². The lowest BCUT2D eigenvalue weighted by Gasteiger charge is -2.16. The molecule has 1 unspecified atom stereocenters. The number of hydrogen-bond donors (Lipinski definition) is 3. The van der Waals surface area contributed by atoms with Crippen LogP contribution in [0.5, 0.6) is 5.88 Å². The number of hydrogen-bond acceptors (Lipinski definition) is 9. The molecule has 3 N–H and O–H groups in total. The van der Waals surface area contributed by atoms with Crippen molar-refractivity contribution in [2.45, 2.75) is 24.5 Å². The Morgan fingerprint density at radius 1 is 1.36 bits per heavy atom. The molecule has 0 aliphatic carbocycles. The van der Waals surface area contributed by atoms with Gasteiger partial charge in [-0.05, 0) is 0 Å². The molecule has 1 saturated heterocycles. The number of aliphatic imine (C=N–C) groups is 1. The van der Waals surface area contributed by atoms with Crippen LogP contribution >= 0.6 is 0 Å². The van der Waals surface area contributed by atoms with Gasteiger partial charge >= 0.3 is 0 Å². The Morgan fingerprint density at radius 2 is 2.12 bits per heavy atom. The van der Waals surface area contributed by atoms with Crippen molar-refractivity contribution >= 4 is 23.5 Å². The highest BCUT2D eigenvalue weighted by Gasteiger charge is 2.44. The highest BCUT2D eigenvalue weighted by Crippen LogP contribution is 2.33. The lowest BCUT2D eigenvalue weighted by atomic mass is 10.1. The maximum Gasteiger partial charge on any atom is 0.256 e. The van der Waals surface area contributed by atoms with Crippen LogP contribution in [0.2, 0.25) is 0 Å². The highest BCUT2D eigenvalue weighted by molar-refractivity contribution is 5.78. The summed E-state index contributed by atoms with van der Waals surface area (Å²) >= 11 is 0. The van der Waals surface area contributed by atoms with E-state index < -0.39 is 31.1 Å². The van der Waals surface area contributed by atoms with E-state index in [4.69, 9.17) is 9.47 Å². The van der Waals surface area contributed by atoms with Crippen LogP contribution in [0.15, 0.2) is 11.3 Å². The van der Waals surface area contributed by atoms with Gasteiger partial charge in [0.1, 0.15) is 18.3 Å². The average Bonchev–Trinajstić information content (AvgIpc) is 3.14. The molecule has 0 radical (unpaired) electrons. The summed E-state index contributed by atoms with van der Waals surface area (Å²) in [4.78, 5) is 18.6. The first-order chi connectivity index (χ1) is 12.0. The topological polar surface area (TPSA) is 138 Å². The summed E-state index contributed by atoms with van der Waals surface area (Å²) in [6, 6.07) is 0. The average molecular weight is 352 g/mol. The van der Waals surface area contributed by atoms with Gasteiger partial charge in [-0.3, -0.25) is 4.57 Å². The second kappa shape index (κ2) is 6.88. The molecular formula is C14H20N6O5. The third kappa shape index (κ3) is 3.14. The number of rotatable bonds is 5. The molecule has 0 saturated carbocycles. The third-order valence-corrected chi connectivity index (χ3v) is 3.77. The highest BCUT2D eigenvalue weighted by atomic mass is 16.6. The Labute approximate surface area is 143 Å². The van der Waals surface area contributed by atoms with E-state index >= 15 is 0 Å². The first-order valence-corrected chi connectivity index (χ1v) is 7.58. The summed E-state index contributed by atoms with van der Waals surface area (Å²) in [6.45, 7) is -0.419. The molecule has 0 amide bonds. The molecule has 11 heteroatoms.